The number of likely N-dealkylation sites (N-methyl/N-ethyl adjacent to an activating group) is 1. The summed E-state index contributed by atoms with van der Waals surface area (Å²) in [6, 6.07) is 9.78. The fraction of sp³-hybridized carbons (Fsp3) is 0.357. The number of nitrogens with zero attached hydrogens (tertiary/aromatic N) is 1. The lowest BCUT2D eigenvalue weighted by molar-refractivity contribution is -0.139. The van der Waals surface area contributed by atoms with Gasteiger partial charge in [0.1, 0.15) is 6.61 Å². The first-order valence-electron chi connectivity index (χ1n) is 5.63. The molecule has 0 saturated carbocycles. The van der Waals surface area contributed by atoms with Crippen LogP contribution < -0.4 is 0 Å². The van der Waals surface area contributed by atoms with Crippen LogP contribution in [0.1, 0.15) is 5.56 Å². The van der Waals surface area contributed by atoms with Gasteiger partial charge in [0, 0.05) is 18.5 Å². The van der Waals surface area contributed by atoms with E-state index >= 15 is 0 Å². The second kappa shape index (κ2) is 6.86. The van der Waals surface area contributed by atoms with Gasteiger partial charge in [0.2, 0.25) is 0 Å². The Morgan fingerprint density at radius 2 is 1.94 bits per heavy atom. The van der Waals surface area contributed by atoms with Crippen molar-refractivity contribution in [2.45, 2.75) is 6.42 Å². The van der Waals surface area contributed by atoms with Crippen LogP contribution in [-0.2, 0) is 16.0 Å². The van der Waals surface area contributed by atoms with E-state index in [2.05, 4.69) is 6.58 Å². The molecule has 1 rings (SSSR count). The predicted octanol–water partition coefficient (Wildman–Crippen LogP) is 1.89. The van der Waals surface area contributed by atoms with Crippen molar-refractivity contribution in [2.75, 3.05) is 27.2 Å². The molecule has 0 unspecified atom stereocenters. The van der Waals surface area contributed by atoms with Crippen LogP contribution in [0.25, 0.3) is 0 Å². The molecular weight excluding hydrogens is 214 g/mol. The van der Waals surface area contributed by atoms with Crippen molar-refractivity contribution < 1.29 is 9.53 Å². The van der Waals surface area contributed by atoms with Crippen molar-refractivity contribution in [3.05, 3.63) is 48.0 Å². The molecule has 3 heteroatoms. The Morgan fingerprint density at radius 3 is 2.53 bits per heavy atom. The Morgan fingerprint density at radius 1 is 1.29 bits per heavy atom. The fourth-order valence-corrected chi connectivity index (χ4v) is 1.34. The van der Waals surface area contributed by atoms with Gasteiger partial charge < -0.3 is 9.64 Å². The van der Waals surface area contributed by atoms with Gasteiger partial charge in [-0.15, -0.1) is 0 Å². The third kappa shape index (κ3) is 5.31. The van der Waals surface area contributed by atoms with Crippen molar-refractivity contribution in [1.82, 2.24) is 4.90 Å². The predicted molar refractivity (Wildman–Crippen MR) is 68.8 cm³/mol. The molecule has 0 saturated heterocycles. The van der Waals surface area contributed by atoms with E-state index in [0.717, 1.165) is 12.1 Å². The number of hydrogen-bond acceptors (Lipinski definition) is 3. The zero-order valence-corrected chi connectivity index (χ0v) is 10.5. The number of esters is 1. The molecule has 1 aromatic carbocycles. The highest BCUT2D eigenvalue weighted by Crippen LogP contribution is 2.07. The summed E-state index contributed by atoms with van der Waals surface area (Å²) in [4.78, 5) is 13.6. The summed E-state index contributed by atoms with van der Waals surface area (Å²) in [5, 5.41) is 0. The number of carbonyl (C=O) groups is 1. The molecule has 3 nitrogen and oxygen atoms in total. The lowest BCUT2D eigenvalue weighted by Crippen LogP contribution is -2.21. The summed E-state index contributed by atoms with van der Waals surface area (Å²) in [6.45, 7) is 4.89. The van der Waals surface area contributed by atoms with E-state index in [1.54, 1.807) is 0 Å². The van der Waals surface area contributed by atoms with Crippen molar-refractivity contribution in [3.8, 4) is 0 Å². The van der Waals surface area contributed by atoms with E-state index in [1.165, 1.54) is 0 Å². The maximum Gasteiger partial charge on any atom is 0.333 e. The smallest absolute Gasteiger partial charge is 0.333 e. The van der Waals surface area contributed by atoms with Gasteiger partial charge in [-0.25, -0.2) is 4.79 Å². The van der Waals surface area contributed by atoms with Crippen molar-refractivity contribution in [1.29, 1.82) is 0 Å². The molecule has 92 valence electrons. The Balaban J connectivity index is 2.35. The normalized spacial score (nSPS) is 10.3. The molecule has 0 amide bonds. The topological polar surface area (TPSA) is 29.5 Å². The summed E-state index contributed by atoms with van der Waals surface area (Å²) in [6.07, 6.45) is 0.543. The molecule has 0 bridgehead atoms. The van der Waals surface area contributed by atoms with Gasteiger partial charge >= 0.3 is 5.97 Å². The first-order valence-corrected chi connectivity index (χ1v) is 5.63. The van der Waals surface area contributed by atoms with E-state index in [9.17, 15) is 4.79 Å². The van der Waals surface area contributed by atoms with Crippen LogP contribution in [-0.4, -0.2) is 38.1 Å². The summed E-state index contributed by atoms with van der Waals surface area (Å²) in [5.74, 6) is -0.310. The van der Waals surface area contributed by atoms with Gasteiger partial charge in [-0.2, -0.15) is 0 Å². The van der Waals surface area contributed by atoms with Gasteiger partial charge in [0.05, 0.1) is 0 Å². The zero-order chi connectivity index (χ0) is 12.7. The molecule has 0 atom stereocenters. The SMILES string of the molecule is C=C(Cc1ccccc1)C(=O)OCCN(C)C. The molecule has 0 radical (unpaired) electrons. The van der Waals surface area contributed by atoms with E-state index in [1.807, 2.05) is 49.3 Å². The van der Waals surface area contributed by atoms with E-state index < -0.39 is 0 Å². The minimum atomic E-state index is -0.310. The molecule has 0 N–H and O–H groups in total. The Bertz CT molecular complexity index is 371. The van der Waals surface area contributed by atoms with E-state index in [4.69, 9.17) is 4.74 Å². The molecule has 0 aliphatic carbocycles. The summed E-state index contributed by atoms with van der Waals surface area (Å²) in [5.41, 5.74) is 1.57. The molecule has 0 aromatic heterocycles. The highest BCUT2D eigenvalue weighted by molar-refractivity contribution is 5.88. The number of hydrogen-bond donors (Lipinski definition) is 0. The average Bonchev–Trinajstić information content (AvgIpc) is 2.29. The Labute approximate surface area is 103 Å². The minimum Gasteiger partial charge on any atom is -0.461 e. The summed E-state index contributed by atoms with van der Waals surface area (Å²) < 4.78 is 5.11. The van der Waals surface area contributed by atoms with Crippen molar-refractivity contribution >= 4 is 5.97 Å². The maximum atomic E-state index is 11.6. The van der Waals surface area contributed by atoms with Gasteiger partial charge in [-0.1, -0.05) is 36.9 Å². The van der Waals surface area contributed by atoms with Crippen LogP contribution in [0.5, 0.6) is 0 Å². The lowest BCUT2D eigenvalue weighted by atomic mass is 10.1. The standard InChI is InChI=1S/C14H19NO2/c1-12(11-13-7-5-4-6-8-13)14(16)17-10-9-15(2)3/h4-8H,1,9-11H2,2-3H3. The van der Waals surface area contributed by atoms with Crippen LogP contribution in [0.4, 0.5) is 0 Å². The van der Waals surface area contributed by atoms with Crippen molar-refractivity contribution in [2.24, 2.45) is 0 Å². The quantitative estimate of drug-likeness (QED) is 0.555. The van der Waals surface area contributed by atoms with E-state index in [0.29, 0.717) is 18.6 Å². The van der Waals surface area contributed by atoms with Gasteiger partial charge in [-0.05, 0) is 19.7 Å². The highest BCUT2D eigenvalue weighted by atomic mass is 16.5. The largest absolute Gasteiger partial charge is 0.461 e. The average molecular weight is 233 g/mol. The first-order chi connectivity index (χ1) is 8.09. The number of carbonyl (C=O) groups excluding carboxylic acids is 1. The number of ether oxygens (including phenoxy) is 1. The van der Waals surface area contributed by atoms with Crippen LogP contribution in [0, 0.1) is 0 Å². The van der Waals surface area contributed by atoms with Crippen LogP contribution >= 0.6 is 0 Å². The third-order valence-electron chi connectivity index (χ3n) is 2.32. The lowest BCUT2D eigenvalue weighted by Gasteiger charge is -2.11. The summed E-state index contributed by atoms with van der Waals surface area (Å²) in [7, 11) is 3.87. The second-order valence-electron chi connectivity index (χ2n) is 4.21. The molecule has 0 aliphatic rings. The molecule has 0 spiro atoms. The third-order valence-corrected chi connectivity index (χ3v) is 2.32. The minimum absolute atomic E-state index is 0.310. The molecule has 1 aromatic rings. The number of rotatable bonds is 6. The monoisotopic (exact) mass is 233 g/mol. The van der Waals surface area contributed by atoms with Gasteiger partial charge in [0.15, 0.2) is 0 Å². The molecule has 0 aliphatic heterocycles. The van der Waals surface area contributed by atoms with Gasteiger partial charge in [-0.3, -0.25) is 0 Å². The molecular formula is C14H19NO2. The Kier molecular flexibility index (Phi) is 5.43. The summed E-state index contributed by atoms with van der Waals surface area (Å²) >= 11 is 0. The van der Waals surface area contributed by atoms with Crippen molar-refractivity contribution in [3.63, 3.8) is 0 Å². The van der Waals surface area contributed by atoms with Crippen LogP contribution in [0.2, 0.25) is 0 Å². The van der Waals surface area contributed by atoms with E-state index in [-0.39, 0.29) is 5.97 Å². The fourth-order valence-electron chi connectivity index (χ4n) is 1.34. The maximum absolute atomic E-state index is 11.6. The molecule has 0 heterocycles. The number of benzene rings is 1. The molecule has 17 heavy (non-hydrogen) atoms. The zero-order valence-electron chi connectivity index (χ0n) is 10.5. The molecule has 0 fully saturated rings. The highest BCUT2D eigenvalue weighted by Gasteiger charge is 2.08. The Hall–Kier alpha value is -1.61. The second-order valence-corrected chi connectivity index (χ2v) is 4.21. The first kappa shape index (κ1) is 13.5. The van der Waals surface area contributed by atoms with Crippen LogP contribution in [0.3, 0.4) is 0 Å². The van der Waals surface area contributed by atoms with Crippen LogP contribution in [0.15, 0.2) is 42.5 Å². The van der Waals surface area contributed by atoms with Gasteiger partial charge in [0.25, 0.3) is 0 Å².